The van der Waals surface area contributed by atoms with E-state index >= 15 is 0 Å². The van der Waals surface area contributed by atoms with Crippen molar-refractivity contribution in [3.63, 3.8) is 0 Å². The fraction of sp³-hybridized carbons (Fsp3) is 0.318. The molecule has 1 heterocycles. The van der Waals surface area contributed by atoms with Crippen LogP contribution in [0.2, 0.25) is 0 Å². The number of hydrogen-bond acceptors (Lipinski definition) is 5. The first-order valence-electron chi connectivity index (χ1n) is 9.67. The van der Waals surface area contributed by atoms with E-state index in [1.54, 1.807) is 6.92 Å². The number of nitrogens with one attached hydrogen (secondary N) is 2. The zero-order valence-electron chi connectivity index (χ0n) is 17.6. The summed E-state index contributed by atoms with van der Waals surface area (Å²) >= 11 is 0. The van der Waals surface area contributed by atoms with Crippen molar-refractivity contribution >= 4 is 24.0 Å². The van der Waals surface area contributed by atoms with Crippen molar-refractivity contribution < 1.29 is 9.53 Å². The topological polar surface area (TPSA) is 106 Å². The molecule has 3 aromatic rings. The number of nitrogens with zero attached hydrogens (tertiary/aromatic N) is 2. The third kappa shape index (κ3) is 5.58. The number of benzene rings is 2. The monoisotopic (exact) mass is 429 g/mol. The Morgan fingerprint density at radius 3 is 2.47 bits per heavy atom. The molecule has 0 saturated carbocycles. The number of nitrogens with two attached hydrogens (primary N) is 1. The molecule has 0 aliphatic heterocycles. The Morgan fingerprint density at radius 1 is 1.17 bits per heavy atom. The van der Waals surface area contributed by atoms with Gasteiger partial charge in [-0.15, -0.1) is 12.4 Å². The van der Waals surface area contributed by atoms with Crippen molar-refractivity contribution in [2.45, 2.75) is 46.3 Å². The minimum Gasteiger partial charge on any atom is -0.481 e. The van der Waals surface area contributed by atoms with Gasteiger partial charge >= 0.3 is 0 Å². The molecule has 0 saturated heterocycles. The summed E-state index contributed by atoms with van der Waals surface area (Å²) in [5, 5.41) is 9.80. The molecule has 160 valence electrons. The fourth-order valence-corrected chi connectivity index (χ4v) is 2.93. The number of carbonyl (C=O) groups excluding carboxylic acids is 1. The number of halogens is 1. The number of hydrogen-bond donors (Lipinski definition) is 3. The van der Waals surface area contributed by atoms with Gasteiger partial charge in [-0.3, -0.25) is 9.89 Å². The van der Waals surface area contributed by atoms with E-state index in [2.05, 4.69) is 46.5 Å². The minimum atomic E-state index is -0.630. The van der Waals surface area contributed by atoms with Crippen LogP contribution in [0.25, 0.3) is 11.4 Å². The first-order chi connectivity index (χ1) is 13.9. The number of amides is 1. The standard InChI is InChI=1S/C22H27N5O2.ClH/c1-13(2)18-10-5-14(3)11-19(18)29-15(4)22(28)24-17-8-6-16(7-9-17)21-25-20(12-23)26-27-21;/h5-11,13,15H,12,23H2,1-4H3,(H,24,28)(H,25,26,27);1H. The van der Waals surface area contributed by atoms with Crippen LogP contribution in [0.5, 0.6) is 5.75 Å². The average molecular weight is 430 g/mol. The third-order valence-electron chi connectivity index (χ3n) is 4.60. The Kier molecular flexibility index (Phi) is 7.97. The number of carbonyl (C=O) groups is 1. The van der Waals surface area contributed by atoms with Crippen LogP contribution in [0.1, 0.15) is 43.6 Å². The molecule has 3 rings (SSSR count). The summed E-state index contributed by atoms with van der Waals surface area (Å²) in [6, 6.07) is 13.4. The minimum absolute atomic E-state index is 0. The lowest BCUT2D eigenvalue weighted by molar-refractivity contribution is -0.122. The van der Waals surface area contributed by atoms with Crippen LogP contribution in [-0.4, -0.2) is 27.2 Å². The van der Waals surface area contributed by atoms with Crippen LogP contribution < -0.4 is 15.8 Å². The van der Waals surface area contributed by atoms with Gasteiger partial charge in [-0.2, -0.15) is 5.10 Å². The van der Waals surface area contributed by atoms with E-state index in [9.17, 15) is 4.79 Å². The number of ether oxygens (including phenoxy) is 1. The summed E-state index contributed by atoms with van der Waals surface area (Å²) in [5.41, 5.74) is 9.24. The van der Waals surface area contributed by atoms with Crippen LogP contribution in [0.4, 0.5) is 5.69 Å². The molecule has 7 nitrogen and oxygen atoms in total. The van der Waals surface area contributed by atoms with Crippen LogP contribution in [0, 0.1) is 6.92 Å². The molecule has 0 aliphatic carbocycles. The Bertz CT molecular complexity index is 985. The van der Waals surface area contributed by atoms with Crippen molar-refractivity contribution in [2.75, 3.05) is 5.32 Å². The van der Waals surface area contributed by atoms with E-state index in [1.165, 1.54) is 0 Å². The van der Waals surface area contributed by atoms with Gasteiger partial charge in [-0.25, -0.2) is 4.98 Å². The maximum Gasteiger partial charge on any atom is 0.265 e. The molecule has 1 amide bonds. The maximum atomic E-state index is 12.6. The Balaban J connectivity index is 0.00000320. The Morgan fingerprint density at radius 2 is 1.87 bits per heavy atom. The number of aromatic nitrogens is 3. The lowest BCUT2D eigenvalue weighted by atomic mass is 10.0. The normalized spacial score (nSPS) is 11.7. The van der Waals surface area contributed by atoms with Gasteiger partial charge in [-0.05, 0) is 61.2 Å². The molecular formula is C22H28ClN5O2. The predicted molar refractivity (Wildman–Crippen MR) is 121 cm³/mol. The second kappa shape index (κ2) is 10.2. The van der Waals surface area contributed by atoms with E-state index in [4.69, 9.17) is 10.5 Å². The van der Waals surface area contributed by atoms with E-state index in [0.29, 0.717) is 29.8 Å². The molecule has 4 N–H and O–H groups in total. The number of anilines is 1. The fourth-order valence-electron chi connectivity index (χ4n) is 2.93. The lowest BCUT2D eigenvalue weighted by Gasteiger charge is -2.19. The van der Waals surface area contributed by atoms with E-state index < -0.39 is 6.10 Å². The zero-order valence-corrected chi connectivity index (χ0v) is 18.4. The highest BCUT2D eigenvalue weighted by Crippen LogP contribution is 2.28. The van der Waals surface area contributed by atoms with Gasteiger partial charge < -0.3 is 15.8 Å². The number of H-pyrrole nitrogens is 1. The largest absolute Gasteiger partial charge is 0.481 e. The molecule has 0 aliphatic rings. The molecule has 0 spiro atoms. The van der Waals surface area contributed by atoms with E-state index in [1.807, 2.05) is 37.3 Å². The second-order valence-corrected chi connectivity index (χ2v) is 7.33. The molecule has 0 fully saturated rings. The smallest absolute Gasteiger partial charge is 0.265 e. The predicted octanol–water partition coefficient (Wildman–Crippen LogP) is 4.19. The second-order valence-electron chi connectivity index (χ2n) is 7.33. The number of aromatic amines is 1. The Hall–Kier alpha value is -2.90. The first-order valence-corrected chi connectivity index (χ1v) is 9.67. The lowest BCUT2D eigenvalue weighted by Crippen LogP contribution is -2.30. The molecule has 0 radical (unpaired) electrons. The van der Waals surface area contributed by atoms with Gasteiger partial charge in [0.1, 0.15) is 11.6 Å². The summed E-state index contributed by atoms with van der Waals surface area (Å²) in [7, 11) is 0. The highest BCUT2D eigenvalue weighted by molar-refractivity contribution is 5.94. The van der Waals surface area contributed by atoms with Crippen LogP contribution in [-0.2, 0) is 11.3 Å². The third-order valence-corrected chi connectivity index (χ3v) is 4.60. The molecule has 30 heavy (non-hydrogen) atoms. The van der Waals surface area contributed by atoms with Gasteiger partial charge in [0.15, 0.2) is 11.9 Å². The summed E-state index contributed by atoms with van der Waals surface area (Å²) in [4.78, 5) is 16.9. The summed E-state index contributed by atoms with van der Waals surface area (Å²) in [6.07, 6.45) is -0.630. The van der Waals surface area contributed by atoms with Gasteiger partial charge in [0, 0.05) is 11.3 Å². The zero-order chi connectivity index (χ0) is 21.0. The molecule has 1 unspecified atom stereocenters. The molecule has 8 heteroatoms. The first kappa shape index (κ1) is 23.4. The van der Waals surface area contributed by atoms with Gasteiger partial charge in [-0.1, -0.05) is 26.0 Å². The van der Waals surface area contributed by atoms with Gasteiger partial charge in [0.2, 0.25) is 0 Å². The van der Waals surface area contributed by atoms with Crippen LogP contribution in [0.3, 0.4) is 0 Å². The summed E-state index contributed by atoms with van der Waals surface area (Å²) < 4.78 is 5.98. The van der Waals surface area contributed by atoms with Gasteiger partial charge in [0.05, 0.1) is 6.54 Å². The average Bonchev–Trinajstić information content (AvgIpc) is 3.17. The highest BCUT2D eigenvalue weighted by Gasteiger charge is 2.18. The Labute approximate surface area is 182 Å². The van der Waals surface area contributed by atoms with E-state index in [0.717, 1.165) is 22.4 Å². The van der Waals surface area contributed by atoms with Crippen molar-refractivity contribution in [3.8, 4) is 17.1 Å². The molecule has 1 atom stereocenters. The summed E-state index contributed by atoms with van der Waals surface area (Å²) in [6.45, 7) is 8.27. The van der Waals surface area contributed by atoms with E-state index in [-0.39, 0.29) is 18.3 Å². The van der Waals surface area contributed by atoms with Crippen molar-refractivity contribution in [3.05, 3.63) is 59.4 Å². The number of rotatable bonds is 7. The SMILES string of the molecule is Cc1ccc(C(C)C)c(OC(C)C(=O)Nc2ccc(-c3n[nH]c(CN)n3)cc2)c1.Cl. The molecule has 2 aromatic carbocycles. The van der Waals surface area contributed by atoms with Gasteiger partial charge in [0.25, 0.3) is 5.91 Å². The molecular weight excluding hydrogens is 402 g/mol. The van der Waals surface area contributed by atoms with Crippen LogP contribution >= 0.6 is 12.4 Å². The molecule has 1 aromatic heterocycles. The van der Waals surface area contributed by atoms with Crippen molar-refractivity contribution in [1.82, 2.24) is 15.2 Å². The molecule has 0 bridgehead atoms. The van der Waals surface area contributed by atoms with Crippen molar-refractivity contribution in [1.29, 1.82) is 0 Å². The quantitative estimate of drug-likeness (QED) is 0.522. The van der Waals surface area contributed by atoms with Crippen molar-refractivity contribution in [2.24, 2.45) is 5.73 Å². The number of aryl methyl sites for hydroxylation is 1. The van der Waals surface area contributed by atoms with Crippen LogP contribution in [0.15, 0.2) is 42.5 Å². The highest BCUT2D eigenvalue weighted by atomic mass is 35.5. The summed E-state index contributed by atoms with van der Waals surface area (Å²) in [5.74, 6) is 2.04. The maximum absolute atomic E-state index is 12.6.